The number of hydrogen-bond acceptors (Lipinski definition) is 3. The second-order valence-electron chi connectivity index (χ2n) is 5.34. The molecule has 0 spiro atoms. The maximum atomic E-state index is 10.9. The second kappa shape index (κ2) is 5.95. The molecule has 0 bridgehead atoms. The Kier molecular flexibility index (Phi) is 4.30. The van der Waals surface area contributed by atoms with Gasteiger partial charge in [0.25, 0.3) is 0 Å². The van der Waals surface area contributed by atoms with Crippen LogP contribution >= 0.6 is 0 Å². The molecule has 1 aromatic carbocycles. The number of benzene rings is 1. The highest BCUT2D eigenvalue weighted by Gasteiger charge is 2.19. The van der Waals surface area contributed by atoms with Gasteiger partial charge in [-0.05, 0) is 31.0 Å². The maximum absolute atomic E-state index is 10.9. The minimum atomic E-state index is -0.935. The van der Waals surface area contributed by atoms with Crippen molar-refractivity contribution in [3.05, 3.63) is 23.8 Å². The molecule has 4 nitrogen and oxygen atoms in total. The molecule has 4 heteroatoms. The first-order valence-corrected chi connectivity index (χ1v) is 6.95. The Morgan fingerprint density at radius 2 is 1.89 bits per heavy atom. The number of nitrogens with two attached hydrogens (primary N) is 1. The summed E-state index contributed by atoms with van der Waals surface area (Å²) in [5.41, 5.74) is 7.74. The molecule has 0 heterocycles. The largest absolute Gasteiger partial charge is 0.478 e. The minimum absolute atomic E-state index is 0.246. The number of carboxylic acids is 1. The van der Waals surface area contributed by atoms with Gasteiger partial charge < -0.3 is 15.7 Å². The number of carbonyl (C=O) groups is 1. The van der Waals surface area contributed by atoms with Crippen molar-refractivity contribution in [1.82, 2.24) is 0 Å². The molecule has 0 aromatic heterocycles. The highest BCUT2D eigenvalue weighted by atomic mass is 16.4. The van der Waals surface area contributed by atoms with E-state index in [9.17, 15) is 4.79 Å². The van der Waals surface area contributed by atoms with Crippen molar-refractivity contribution in [3.63, 3.8) is 0 Å². The third-order valence-corrected chi connectivity index (χ3v) is 4.03. The Labute approximate surface area is 114 Å². The van der Waals surface area contributed by atoms with Gasteiger partial charge in [-0.1, -0.05) is 25.7 Å². The van der Waals surface area contributed by atoms with Gasteiger partial charge in [-0.2, -0.15) is 0 Å². The standard InChI is InChI=1S/C15H22N2O2/c1-17(12-6-4-2-3-5-7-12)14-9-8-11(15(18)19)10-13(14)16/h8-10,12H,2-7,16H2,1H3,(H,18,19). The number of nitrogens with zero attached hydrogens (tertiary/aromatic N) is 1. The fraction of sp³-hybridized carbons (Fsp3) is 0.533. The zero-order chi connectivity index (χ0) is 13.8. The monoisotopic (exact) mass is 262 g/mol. The van der Waals surface area contributed by atoms with Crippen molar-refractivity contribution < 1.29 is 9.90 Å². The minimum Gasteiger partial charge on any atom is -0.478 e. The summed E-state index contributed by atoms with van der Waals surface area (Å²) in [6, 6.07) is 5.51. The summed E-state index contributed by atoms with van der Waals surface area (Å²) in [5.74, 6) is -0.935. The van der Waals surface area contributed by atoms with Crippen LogP contribution in [0, 0.1) is 0 Å². The number of carboxylic acid groups (broad SMARTS) is 1. The molecule has 1 saturated carbocycles. The lowest BCUT2D eigenvalue weighted by Gasteiger charge is -2.30. The van der Waals surface area contributed by atoms with E-state index in [1.165, 1.54) is 38.5 Å². The van der Waals surface area contributed by atoms with E-state index in [1.54, 1.807) is 12.1 Å². The molecule has 2 rings (SSSR count). The molecule has 0 atom stereocenters. The van der Waals surface area contributed by atoms with Gasteiger partial charge in [0.05, 0.1) is 16.9 Å². The molecular weight excluding hydrogens is 240 g/mol. The predicted molar refractivity (Wildman–Crippen MR) is 77.7 cm³/mol. The van der Waals surface area contributed by atoms with Gasteiger partial charge in [0.15, 0.2) is 0 Å². The van der Waals surface area contributed by atoms with Gasteiger partial charge in [0.2, 0.25) is 0 Å². The van der Waals surface area contributed by atoms with Crippen molar-refractivity contribution in [1.29, 1.82) is 0 Å². The number of aromatic carboxylic acids is 1. The van der Waals surface area contributed by atoms with Crippen LogP contribution in [0.3, 0.4) is 0 Å². The summed E-state index contributed by atoms with van der Waals surface area (Å²) >= 11 is 0. The number of anilines is 2. The van der Waals surface area contributed by atoms with Gasteiger partial charge in [0.1, 0.15) is 0 Å². The predicted octanol–water partition coefficient (Wildman–Crippen LogP) is 3.13. The lowest BCUT2D eigenvalue weighted by Crippen LogP contribution is -2.31. The van der Waals surface area contributed by atoms with E-state index < -0.39 is 5.97 Å². The Morgan fingerprint density at radius 3 is 2.42 bits per heavy atom. The van der Waals surface area contributed by atoms with Gasteiger partial charge in [-0.25, -0.2) is 4.79 Å². The fourth-order valence-corrected chi connectivity index (χ4v) is 2.85. The molecule has 1 aliphatic carbocycles. The van der Waals surface area contributed by atoms with Gasteiger partial charge in [-0.3, -0.25) is 0 Å². The lowest BCUT2D eigenvalue weighted by atomic mass is 10.1. The van der Waals surface area contributed by atoms with Crippen molar-refractivity contribution >= 4 is 17.3 Å². The summed E-state index contributed by atoms with van der Waals surface area (Å²) in [6.07, 6.45) is 7.55. The van der Waals surface area contributed by atoms with Crippen LogP contribution in [0.2, 0.25) is 0 Å². The normalized spacial score (nSPS) is 16.9. The molecule has 1 aromatic rings. The quantitative estimate of drug-likeness (QED) is 0.648. The molecular formula is C15H22N2O2. The number of nitrogen functional groups attached to an aromatic ring is 1. The zero-order valence-electron chi connectivity index (χ0n) is 11.4. The average Bonchev–Trinajstić information content (AvgIpc) is 2.66. The molecule has 3 N–H and O–H groups in total. The molecule has 0 unspecified atom stereocenters. The summed E-state index contributed by atoms with van der Waals surface area (Å²) in [6.45, 7) is 0. The smallest absolute Gasteiger partial charge is 0.335 e. The van der Waals surface area contributed by atoms with Crippen LogP contribution in [0.4, 0.5) is 11.4 Å². The third kappa shape index (κ3) is 3.19. The van der Waals surface area contributed by atoms with E-state index >= 15 is 0 Å². The Balaban J connectivity index is 2.18. The van der Waals surface area contributed by atoms with Crippen molar-refractivity contribution in [2.45, 2.75) is 44.6 Å². The van der Waals surface area contributed by atoms with Crippen LogP contribution in [0.15, 0.2) is 18.2 Å². The van der Waals surface area contributed by atoms with Crippen molar-refractivity contribution in [2.75, 3.05) is 17.7 Å². The Bertz CT molecular complexity index is 451. The lowest BCUT2D eigenvalue weighted by molar-refractivity contribution is 0.0697. The third-order valence-electron chi connectivity index (χ3n) is 4.03. The van der Waals surface area contributed by atoms with Crippen LogP contribution in [0.5, 0.6) is 0 Å². The highest BCUT2D eigenvalue weighted by molar-refractivity contribution is 5.90. The van der Waals surface area contributed by atoms with E-state index in [-0.39, 0.29) is 5.56 Å². The van der Waals surface area contributed by atoms with E-state index in [0.29, 0.717) is 11.7 Å². The van der Waals surface area contributed by atoms with Crippen LogP contribution in [-0.2, 0) is 0 Å². The first-order chi connectivity index (χ1) is 9.09. The average molecular weight is 262 g/mol. The summed E-state index contributed by atoms with van der Waals surface area (Å²) < 4.78 is 0. The van der Waals surface area contributed by atoms with E-state index in [4.69, 9.17) is 10.8 Å². The number of rotatable bonds is 3. The summed E-state index contributed by atoms with van der Waals surface area (Å²) in [7, 11) is 2.06. The molecule has 1 aliphatic rings. The topological polar surface area (TPSA) is 66.6 Å². The van der Waals surface area contributed by atoms with Crippen LogP contribution in [0.1, 0.15) is 48.9 Å². The molecule has 0 saturated heterocycles. The summed E-state index contributed by atoms with van der Waals surface area (Å²) in [5, 5.41) is 8.96. The molecule has 19 heavy (non-hydrogen) atoms. The van der Waals surface area contributed by atoms with Gasteiger partial charge >= 0.3 is 5.97 Å². The highest BCUT2D eigenvalue weighted by Crippen LogP contribution is 2.29. The van der Waals surface area contributed by atoms with Gasteiger partial charge in [-0.15, -0.1) is 0 Å². The fourth-order valence-electron chi connectivity index (χ4n) is 2.85. The van der Waals surface area contributed by atoms with Crippen molar-refractivity contribution in [3.8, 4) is 0 Å². The Hall–Kier alpha value is -1.71. The van der Waals surface area contributed by atoms with E-state index in [0.717, 1.165) is 5.69 Å². The molecule has 1 fully saturated rings. The number of hydrogen-bond donors (Lipinski definition) is 2. The zero-order valence-corrected chi connectivity index (χ0v) is 11.4. The van der Waals surface area contributed by atoms with Crippen LogP contribution in [-0.4, -0.2) is 24.2 Å². The summed E-state index contributed by atoms with van der Waals surface area (Å²) in [4.78, 5) is 13.1. The van der Waals surface area contributed by atoms with E-state index in [2.05, 4.69) is 11.9 Å². The van der Waals surface area contributed by atoms with E-state index in [1.807, 2.05) is 6.07 Å². The molecule has 104 valence electrons. The van der Waals surface area contributed by atoms with Crippen LogP contribution < -0.4 is 10.6 Å². The van der Waals surface area contributed by atoms with Crippen LogP contribution in [0.25, 0.3) is 0 Å². The molecule has 0 aliphatic heterocycles. The second-order valence-corrected chi connectivity index (χ2v) is 5.34. The first kappa shape index (κ1) is 13.7. The van der Waals surface area contributed by atoms with Crippen molar-refractivity contribution in [2.24, 2.45) is 0 Å². The Morgan fingerprint density at radius 1 is 1.26 bits per heavy atom. The maximum Gasteiger partial charge on any atom is 0.335 e. The SMILES string of the molecule is CN(c1ccc(C(=O)O)cc1N)C1CCCCCC1. The molecule has 0 radical (unpaired) electrons. The molecule has 0 amide bonds. The first-order valence-electron chi connectivity index (χ1n) is 6.95. The van der Waals surface area contributed by atoms with Gasteiger partial charge in [0, 0.05) is 13.1 Å².